The molecule has 3 rings (SSSR count). The number of morpholine rings is 1. The SMILES string of the molecule is c1ccc([Se]c2ccc(N3CCOCC3)cc2)cc1. The van der Waals surface area contributed by atoms with Gasteiger partial charge >= 0.3 is 120 Å². The predicted octanol–water partition coefficient (Wildman–Crippen LogP) is 1.18. The number of anilines is 1. The van der Waals surface area contributed by atoms with Crippen molar-refractivity contribution in [1.82, 2.24) is 0 Å². The first-order chi connectivity index (χ1) is 9.42. The quantitative estimate of drug-likeness (QED) is 0.788. The molecule has 1 fully saturated rings. The molecule has 0 atom stereocenters. The standard InChI is InChI=1S/C16H17NOSe/c1-2-4-15(5-3-1)19-16-8-6-14(7-9-16)17-10-12-18-13-11-17/h1-9H,10-13H2. The van der Waals surface area contributed by atoms with E-state index in [0.29, 0.717) is 15.0 Å². The van der Waals surface area contributed by atoms with Gasteiger partial charge in [-0.05, 0) is 0 Å². The summed E-state index contributed by atoms with van der Waals surface area (Å²) in [7, 11) is 0. The van der Waals surface area contributed by atoms with Gasteiger partial charge < -0.3 is 0 Å². The third-order valence-corrected chi connectivity index (χ3v) is 5.32. The van der Waals surface area contributed by atoms with Crippen molar-refractivity contribution in [3.05, 3.63) is 54.6 Å². The van der Waals surface area contributed by atoms with E-state index in [2.05, 4.69) is 59.5 Å². The van der Waals surface area contributed by atoms with Gasteiger partial charge in [-0.15, -0.1) is 0 Å². The van der Waals surface area contributed by atoms with Crippen molar-refractivity contribution in [2.45, 2.75) is 0 Å². The summed E-state index contributed by atoms with van der Waals surface area (Å²) in [5, 5.41) is 0. The molecule has 0 spiro atoms. The number of ether oxygens (including phenoxy) is 1. The molecule has 1 heterocycles. The monoisotopic (exact) mass is 319 g/mol. The van der Waals surface area contributed by atoms with Crippen molar-refractivity contribution in [1.29, 1.82) is 0 Å². The third-order valence-electron chi connectivity index (χ3n) is 3.19. The van der Waals surface area contributed by atoms with E-state index in [9.17, 15) is 0 Å². The van der Waals surface area contributed by atoms with E-state index in [4.69, 9.17) is 4.74 Å². The van der Waals surface area contributed by atoms with Crippen molar-refractivity contribution in [3.63, 3.8) is 0 Å². The van der Waals surface area contributed by atoms with Gasteiger partial charge in [0.25, 0.3) is 0 Å². The van der Waals surface area contributed by atoms with Crippen LogP contribution in [0.2, 0.25) is 0 Å². The van der Waals surface area contributed by atoms with Gasteiger partial charge in [-0.1, -0.05) is 0 Å². The zero-order valence-electron chi connectivity index (χ0n) is 10.8. The summed E-state index contributed by atoms with van der Waals surface area (Å²) in [5.74, 6) is 0. The molecule has 0 unspecified atom stereocenters. The van der Waals surface area contributed by atoms with Crippen molar-refractivity contribution in [2.24, 2.45) is 0 Å². The molecule has 1 aliphatic heterocycles. The molecular weight excluding hydrogens is 301 g/mol. The first kappa shape index (κ1) is 12.7. The van der Waals surface area contributed by atoms with Crippen molar-refractivity contribution < 1.29 is 4.74 Å². The van der Waals surface area contributed by atoms with E-state index < -0.39 is 0 Å². The number of hydrogen-bond donors (Lipinski definition) is 0. The Labute approximate surface area is 120 Å². The van der Waals surface area contributed by atoms with Crippen LogP contribution in [-0.2, 0) is 4.74 Å². The molecule has 0 saturated carbocycles. The molecule has 0 N–H and O–H groups in total. The average Bonchev–Trinajstić information content (AvgIpc) is 2.50. The average molecular weight is 318 g/mol. The molecular formula is C16H17NOSe. The van der Waals surface area contributed by atoms with Gasteiger partial charge in [0.1, 0.15) is 0 Å². The Morgan fingerprint density at radius 3 is 2.11 bits per heavy atom. The first-order valence-corrected chi connectivity index (χ1v) is 8.29. The van der Waals surface area contributed by atoms with E-state index in [0.717, 1.165) is 26.3 Å². The van der Waals surface area contributed by atoms with Gasteiger partial charge in [-0.3, -0.25) is 0 Å². The van der Waals surface area contributed by atoms with Gasteiger partial charge in [-0.25, -0.2) is 0 Å². The van der Waals surface area contributed by atoms with Crippen LogP contribution in [0.5, 0.6) is 0 Å². The topological polar surface area (TPSA) is 12.5 Å². The zero-order valence-corrected chi connectivity index (χ0v) is 12.5. The summed E-state index contributed by atoms with van der Waals surface area (Å²) in [6, 6.07) is 19.7. The maximum atomic E-state index is 5.39. The summed E-state index contributed by atoms with van der Waals surface area (Å²) in [4.78, 5) is 2.39. The maximum absolute atomic E-state index is 5.39. The van der Waals surface area contributed by atoms with E-state index >= 15 is 0 Å². The zero-order chi connectivity index (χ0) is 12.9. The second-order valence-corrected chi connectivity index (χ2v) is 6.91. The predicted molar refractivity (Wildman–Crippen MR) is 80.9 cm³/mol. The fourth-order valence-electron chi connectivity index (χ4n) is 2.17. The van der Waals surface area contributed by atoms with Gasteiger partial charge in [0.05, 0.1) is 0 Å². The molecule has 19 heavy (non-hydrogen) atoms. The Hall–Kier alpha value is -1.28. The van der Waals surface area contributed by atoms with Gasteiger partial charge in [-0.2, -0.15) is 0 Å². The Kier molecular flexibility index (Phi) is 4.19. The summed E-state index contributed by atoms with van der Waals surface area (Å²) in [5.41, 5.74) is 1.32. The van der Waals surface area contributed by atoms with E-state index in [1.165, 1.54) is 14.6 Å². The molecule has 0 bridgehead atoms. The second kappa shape index (κ2) is 6.25. The molecule has 0 radical (unpaired) electrons. The fourth-order valence-corrected chi connectivity index (χ4v) is 3.93. The van der Waals surface area contributed by atoms with Gasteiger partial charge in [0.2, 0.25) is 0 Å². The van der Waals surface area contributed by atoms with E-state index in [-0.39, 0.29) is 0 Å². The van der Waals surface area contributed by atoms with Crippen LogP contribution in [0.4, 0.5) is 5.69 Å². The van der Waals surface area contributed by atoms with Crippen LogP contribution in [-0.4, -0.2) is 41.3 Å². The second-order valence-electron chi connectivity index (χ2n) is 4.51. The van der Waals surface area contributed by atoms with Crippen LogP contribution in [0.15, 0.2) is 54.6 Å². The molecule has 2 nitrogen and oxygen atoms in total. The number of hydrogen-bond acceptors (Lipinski definition) is 2. The summed E-state index contributed by atoms with van der Waals surface area (Å²) < 4.78 is 8.24. The van der Waals surface area contributed by atoms with E-state index in [1.807, 2.05) is 0 Å². The first-order valence-electron chi connectivity index (χ1n) is 6.57. The molecule has 0 aromatic heterocycles. The number of nitrogens with zero attached hydrogens (tertiary/aromatic N) is 1. The van der Waals surface area contributed by atoms with Crippen LogP contribution >= 0.6 is 0 Å². The number of rotatable bonds is 3. The molecule has 2 aromatic carbocycles. The summed E-state index contributed by atoms with van der Waals surface area (Å²) in [6.45, 7) is 3.69. The summed E-state index contributed by atoms with van der Waals surface area (Å²) >= 11 is 0.408. The third kappa shape index (κ3) is 3.38. The molecule has 1 saturated heterocycles. The Morgan fingerprint density at radius 2 is 1.42 bits per heavy atom. The van der Waals surface area contributed by atoms with Crippen molar-refractivity contribution >= 4 is 29.6 Å². The minimum absolute atomic E-state index is 0.408. The molecule has 3 heteroatoms. The summed E-state index contributed by atoms with van der Waals surface area (Å²) in [6.07, 6.45) is 0. The van der Waals surface area contributed by atoms with Gasteiger partial charge in [0.15, 0.2) is 0 Å². The van der Waals surface area contributed by atoms with E-state index in [1.54, 1.807) is 0 Å². The Balaban J connectivity index is 1.68. The van der Waals surface area contributed by atoms with Crippen LogP contribution in [0.1, 0.15) is 0 Å². The van der Waals surface area contributed by atoms with Gasteiger partial charge in [0, 0.05) is 0 Å². The van der Waals surface area contributed by atoms with Crippen molar-refractivity contribution in [2.75, 3.05) is 31.2 Å². The molecule has 2 aromatic rings. The Morgan fingerprint density at radius 1 is 0.789 bits per heavy atom. The molecule has 98 valence electrons. The van der Waals surface area contributed by atoms with Crippen LogP contribution < -0.4 is 13.8 Å². The molecule has 0 amide bonds. The van der Waals surface area contributed by atoms with Crippen LogP contribution in [0.3, 0.4) is 0 Å². The van der Waals surface area contributed by atoms with Crippen molar-refractivity contribution in [3.8, 4) is 0 Å². The molecule has 0 aliphatic carbocycles. The Bertz CT molecular complexity index is 506. The van der Waals surface area contributed by atoms with Crippen LogP contribution in [0, 0.1) is 0 Å². The number of benzene rings is 2. The minimum atomic E-state index is 0.408. The molecule has 1 aliphatic rings. The fraction of sp³-hybridized carbons (Fsp3) is 0.250. The normalized spacial score (nSPS) is 15.5. The van der Waals surface area contributed by atoms with Crippen LogP contribution in [0.25, 0.3) is 0 Å².